The largest absolute Gasteiger partial charge is 0.478 e. The lowest BCUT2D eigenvalue weighted by molar-refractivity contribution is 0.0696. The van der Waals surface area contributed by atoms with Gasteiger partial charge in [-0.1, -0.05) is 29.8 Å². The molecule has 1 aliphatic rings. The number of carbonyl (C=O) groups is 2. The van der Waals surface area contributed by atoms with Gasteiger partial charge >= 0.3 is 5.97 Å². The fraction of sp³-hybridized carbons (Fsp3) is 0.176. The second-order valence-corrected chi connectivity index (χ2v) is 5.67. The van der Waals surface area contributed by atoms with Gasteiger partial charge in [-0.3, -0.25) is 4.79 Å². The van der Waals surface area contributed by atoms with Crippen LogP contribution in [0.3, 0.4) is 0 Å². The number of fused-ring (bicyclic) bond motifs is 1. The van der Waals surface area contributed by atoms with Gasteiger partial charge in [-0.2, -0.15) is 0 Å². The number of carbonyl (C=O) groups excluding carboxylic acids is 1. The Labute approximate surface area is 132 Å². The standard InChI is InChI=1S/C17H14ClNO3/c18-14-4-2-1-3-12(14)16(20)19-15-8-7-10-5-6-11(17(21)22)9-13(10)15/h1-6,9,15H,7-8H2,(H,19,20)(H,21,22)/t15-/m0/s1. The van der Waals surface area contributed by atoms with Crippen LogP contribution in [0.5, 0.6) is 0 Å². The Balaban J connectivity index is 1.84. The monoisotopic (exact) mass is 315 g/mol. The molecule has 3 rings (SSSR count). The van der Waals surface area contributed by atoms with E-state index < -0.39 is 5.97 Å². The molecule has 2 aromatic rings. The molecule has 0 saturated carbocycles. The summed E-state index contributed by atoms with van der Waals surface area (Å²) in [7, 11) is 0. The predicted octanol–water partition coefficient (Wildman–Crippen LogP) is 3.46. The second-order valence-electron chi connectivity index (χ2n) is 5.26. The zero-order valence-electron chi connectivity index (χ0n) is 11.7. The molecule has 0 saturated heterocycles. The van der Waals surface area contributed by atoms with Gasteiger partial charge in [0.2, 0.25) is 0 Å². The van der Waals surface area contributed by atoms with E-state index in [0.717, 1.165) is 24.0 Å². The molecule has 0 fully saturated rings. The quantitative estimate of drug-likeness (QED) is 0.911. The molecule has 22 heavy (non-hydrogen) atoms. The van der Waals surface area contributed by atoms with Crippen molar-refractivity contribution in [3.63, 3.8) is 0 Å². The van der Waals surface area contributed by atoms with E-state index in [1.54, 1.807) is 36.4 Å². The smallest absolute Gasteiger partial charge is 0.335 e. The van der Waals surface area contributed by atoms with Crippen LogP contribution in [0.1, 0.15) is 44.3 Å². The van der Waals surface area contributed by atoms with E-state index in [1.165, 1.54) is 0 Å². The van der Waals surface area contributed by atoms with Crippen LogP contribution in [0.4, 0.5) is 0 Å². The van der Waals surface area contributed by atoms with Crippen molar-refractivity contribution in [1.29, 1.82) is 0 Å². The molecule has 0 aromatic heterocycles. The van der Waals surface area contributed by atoms with Crippen LogP contribution >= 0.6 is 11.6 Å². The maximum absolute atomic E-state index is 12.3. The summed E-state index contributed by atoms with van der Waals surface area (Å²) in [5, 5.41) is 12.4. The number of carboxylic acid groups (broad SMARTS) is 1. The highest BCUT2D eigenvalue weighted by Gasteiger charge is 2.25. The number of benzene rings is 2. The van der Waals surface area contributed by atoms with Gasteiger partial charge in [-0.25, -0.2) is 4.79 Å². The summed E-state index contributed by atoms with van der Waals surface area (Å²) >= 11 is 6.03. The molecule has 5 heteroatoms. The zero-order chi connectivity index (χ0) is 15.7. The number of hydrogen-bond acceptors (Lipinski definition) is 2. The minimum absolute atomic E-state index is 0.182. The summed E-state index contributed by atoms with van der Waals surface area (Å²) in [4.78, 5) is 23.4. The molecule has 1 atom stereocenters. The Kier molecular flexibility index (Phi) is 3.86. The summed E-state index contributed by atoms with van der Waals surface area (Å²) in [6.07, 6.45) is 1.58. The Hall–Kier alpha value is -2.33. The molecule has 0 radical (unpaired) electrons. The van der Waals surface area contributed by atoms with Crippen LogP contribution in [-0.4, -0.2) is 17.0 Å². The lowest BCUT2D eigenvalue weighted by Crippen LogP contribution is -2.27. The number of amides is 1. The number of halogens is 1. The normalized spacial score (nSPS) is 16.1. The van der Waals surface area contributed by atoms with Crippen molar-refractivity contribution < 1.29 is 14.7 Å². The van der Waals surface area contributed by atoms with Crippen molar-refractivity contribution in [2.45, 2.75) is 18.9 Å². The molecular weight excluding hydrogens is 302 g/mol. The van der Waals surface area contributed by atoms with Crippen LogP contribution < -0.4 is 5.32 Å². The molecule has 0 unspecified atom stereocenters. The zero-order valence-corrected chi connectivity index (χ0v) is 12.4. The molecule has 4 nitrogen and oxygen atoms in total. The maximum atomic E-state index is 12.3. The molecule has 2 N–H and O–H groups in total. The van der Waals surface area contributed by atoms with Crippen LogP contribution in [-0.2, 0) is 6.42 Å². The van der Waals surface area contributed by atoms with Crippen molar-refractivity contribution in [2.24, 2.45) is 0 Å². The minimum atomic E-state index is -0.967. The number of aromatic carboxylic acids is 1. The van der Waals surface area contributed by atoms with Gasteiger partial charge in [-0.05, 0) is 48.2 Å². The first kappa shape index (κ1) is 14.6. The van der Waals surface area contributed by atoms with Crippen LogP contribution in [0.2, 0.25) is 5.02 Å². The third kappa shape index (κ3) is 2.70. The van der Waals surface area contributed by atoms with Crippen molar-refractivity contribution in [1.82, 2.24) is 5.32 Å². The van der Waals surface area contributed by atoms with Gasteiger partial charge in [0.05, 0.1) is 22.2 Å². The number of rotatable bonds is 3. The predicted molar refractivity (Wildman–Crippen MR) is 83.4 cm³/mol. The fourth-order valence-electron chi connectivity index (χ4n) is 2.77. The van der Waals surface area contributed by atoms with E-state index in [0.29, 0.717) is 10.6 Å². The number of nitrogens with one attached hydrogen (secondary N) is 1. The summed E-state index contributed by atoms with van der Waals surface area (Å²) < 4.78 is 0. The molecule has 0 heterocycles. The first-order valence-electron chi connectivity index (χ1n) is 6.98. The van der Waals surface area contributed by atoms with E-state index in [4.69, 9.17) is 16.7 Å². The summed E-state index contributed by atoms with van der Waals surface area (Å²) in [6.45, 7) is 0. The highest BCUT2D eigenvalue weighted by atomic mass is 35.5. The molecule has 1 aliphatic carbocycles. The molecule has 0 spiro atoms. The Morgan fingerprint density at radius 3 is 2.68 bits per heavy atom. The fourth-order valence-corrected chi connectivity index (χ4v) is 2.99. The molecular formula is C17H14ClNO3. The van der Waals surface area contributed by atoms with Crippen molar-refractivity contribution in [2.75, 3.05) is 0 Å². The van der Waals surface area contributed by atoms with Gasteiger partial charge in [0.25, 0.3) is 5.91 Å². The highest BCUT2D eigenvalue weighted by molar-refractivity contribution is 6.33. The maximum Gasteiger partial charge on any atom is 0.335 e. The summed E-state index contributed by atoms with van der Waals surface area (Å²) in [5.41, 5.74) is 2.61. The highest BCUT2D eigenvalue weighted by Crippen LogP contribution is 2.32. The van der Waals surface area contributed by atoms with Gasteiger partial charge in [-0.15, -0.1) is 0 Å². The van der Waals surface area contributed by atoms with Gasteiger partial charge < -0.3 is 10.4 Å². The van der Waals surface area contributed by atoms with E-state index in [9.17, 15) is 9.59 Å². The van der Waals surface area contributed by atoms with Gasteiger partial charge in [0.1, 0.15) is 0 Å². The second kappa shape index (κ2) is 5.81. The van der Waals surface area contributed by atoms with Gasteiger partial charge in [0.15, 0.2) is 0 Å². The summed E-state index contributed by atoms with van der Waals surface area (Å²) in [6, 6.07) is 11.7. The van der Waals surface area contributed by atoms with E-state index >= 15 is 0 Å². The van der Waals surface area contributed by atoms with Crippen LogP contribution in [0.15, 0.2) is 42.5 Å². The summed E-state index contributed by atoms with van der Waals surface area (Å²) in [5.74, 6) is -1.21. The van der Waals surface area contributed by atoms with Crippen molar-refractivity contribution in [3.05, 3.63) is 69.7 Å². The van der Waals surface area contributed by atoms with Crippen molar-refractivity contribution in [3.8, 4) is 0 Å². The average Bonchev–Trinajstić information content (AvgIpc) is 2.90. The van der Waals surface area contributed by atoms with E-state index in [1.807, 2.05) is 6.07 Å². The third-order valence-corrected chi connectivity index (χ3v) is 4.22. The van der Waals surface area contributed by atoms with E-state index in [-0.39, 0.29) is 17.5 Å². The molecule has 0 bridgehead atoms. The Morgan fingerprint density at radius 1 is 1.18 bits per heavy atom. The van der Waals surface area contributed by atoms with Crippen LogP contribution in [0, 0.1) is 0 Å². The molecule has 2 aromatic carbocycles. The Morgan fingerprint density at radius 2 is 1.95 bits per heavy atom. The number of carboxylic acids is 1. The Bertz CT molecular complexity index is 757. The number of hydrogen-bond donors (Lipinski definition) is 2. The van der Waals surface area contributed by atoms with Crippen LogP contribution in [0.25, 0.3) is 0 Å². The van der Waals surface area contributed by atoms with Crippen molar-refractivity contribution >= 4 is 23.5 Å². The van der Waals surface area contributed by atoms with E-state index in [2.05, 4.69) is 5.32 Å². The minimum Gasteiger partial charge on any atom is -0.478 e. The average molecular weight is 316 g/mol. The van der Waals surface area contributed by atoms with Gasteiger partial charge in [0, 0.05) is 0 Å². The lowest BCUT2D eigenvalue weighted by Gasteiger charge is -2.15. The topological polar surface area (TPSA) is 66.4 Å². The SMILES string of the molecule is O=C(O)c1ccc2c(c1)[C@@H](NC(=O)c1ccccc1Cl)CC2. The molecule has 1 amide bonds. The first-order chi connectivity index (χ1) is 10.6. The molecule has 112 valence electrons. The lowest BCUT2D eigenvalue weighted by atomic mass is 10.0. The number of aryl methyl sites for hydroxylation is 1. The third-order valence-electron chi connectivity index (χ3n) is 3.89. The first-order valence-corrected chi connectivity index (χ1v) is 7.35. The molecule has 0 aliphatic heterocycles.